The topological polar surface area (TPSA) is 97.4 Å². The van der Waals surface area contributed by atoms with Gasteiger partial charge in [0, 0.05) is 18.3 Å². The van der Waals surface area contributed by atoms with Gasteiger partial charge in [-0.25, -0.2) is 13.4 Å². The van der Waals surface area contributed by atoms with Crippen LogP contribution in [0.15, 0.2) is 77.8 Å². The van der Waals surface area contributed by atoms with Gasteiger partial charge < -0.3 is 10.1 Å². The third-order valence-electron chi connectivity index (χ3n) is 4.63. The Labute approximate surface area is 188 Å². The first-order chi connectivity index (χ1) is 15.5. The number of aromatic nitrogens is 1. The van der Waals surface area contributed by atoms with E-state index >= 15 is 0 Å². The Balaban J connectivity index is 1.43. The van der Waals surface area contributed by atoms with Crippen LogP contribution in [0.25, 0.3) is 0 Å². The van der Waals surface area contributed by atoms with E-state index in [1.807, 2.05) is 12.1 Å². The van der Waals surface area contributed by atoms with Crippen LogP contribution in [0.1, 0.15) is 31.7 Å². The van der Waals surface area contributed by atoms with E-state index in [1.165, 1.54) is 23.9 Å². The summed E-state index contributed by atoms with van der Waals surface area (Å²) in [6, 6.07) is 19.0. The number of nitrogens with zero attached hydrogens (tertiary/aromatic N) is 1. The second kappa shape index (κ2) is 11.3. The molecule has 0 saturated heterocycles. The van der Waals surface area contributed by atoms with E-state index in [0.29, 0.717) is 25.1 Å². The van der Waals surface area contributed by atoms with Crippen LogP contribution >= 0.6 is 0 Å². The lowest BCUT2D eigenvalue weighted by Gasteiger charge is -2.09. The normalized spacial score (nSPS) is 11.0. The highest BCUT2D eigenvalue weighted by atomic mass is 32.2. The molecule has 3 rings (SSSR count). The fraction of sp³-hybridized carbons (Fsp3) is 0.250. The largest absolute Gasteiger partial charge is 0.494 e. The van der Waals surface area contributed by atoms with Gasteiger partial charge in [0.1, 0.15) is 11.6 Å². The molecule has 0 atom stereocenters. The third-order valence-corrected chi connectivity index (χ3v) is 6.00. The third kappa shape index (κ3) is 7.09. The molecule has 1 amide bonds. The molecule has 0 unspecified atom stereocenters. The number of rotatable bonds is 11. The summed E-state index contributed by atoms with van der Waals surface area (Å²) in [4.78, 5) is 16.2. The fourth-order valence-electron chi connectivity index (χ4n) is 3.02. The molecule has 0 aliphatic rings. The minimum absolute atomic E-state index is 0.0829. The monoisotopic (exact) mass is 453 g/mol. The number of anilines is 2. The maximum Gasteiger partial charge on any atom is 0.263 e. The van der Waals surface area contributed by atoms with Crippen molar-refractivity contribution in [2.45, 2.75) is 37.5 Å². The number of hydrogen-bond donors (Lipinski definition) is 2. The number of ether oxygens (including phenoxy) is 1. The van der Waals surface area contributed by atoms with Crippen LogP contribution in [0.5, 0.6) is 5.75 Å². The molecule has 0 spiro atoms. The summed E-state index contributed by atoms with van der Waals surface area (Å²) in [5.41, 5.74) is 1.81. The molecule has 0 aliphatic heterocycles. The Morgan fingerprint density at radius 3 is 2.41 bits per heavy atom. The number of pyridine rings is 1. The molecular formula is C24H27N3O4S. The number of amides is 1. The van der Waals surface area contributed by atoms with E-state index in [1.54, 1.807) is 30.3 Å². The Kier molecular flexibility index (Phi) is 8.21. The molecule has 32 heavy (non-hydrogen) atoms. The average molecular weight is 454 g/mol. The molecule has 0 radical (unpaired) electrons. The molecule has 0 bridgehead atoms. The van der Waals surface area contributed by atoms with Gasteiger partial charge in [0.25, 0.3) is 10.0 Å². The first-order valence-electron chi connectivity index (χ1n) is 10.5. The lowest BCUT2D eigenvalue weighted by molar-refractivity contribution is -0.116. The van der Waals surface area contributed by atoms with Gasteiger partial charge in [-0.2, -0.15) is 0 Å². The van der Waals surface area contributed by atoms with Crippen molar-refractivity contribution in [2.24, 2.45) is 0 Å². The van der Waals surface area contributed by atoms with Gasteiger partial charge in [-0.15, -0.1) is 0 Å². The second-order valence-corrected chi connectivity index (χ2v) is 8.92. The number of carbonyl (C=O) groups excluding carboxylic acids is 1. The van der Waals surface area contributed by atoms with Crippen molar-refractivity contribution >= 4 is 27.4 Å². The van der Waals surface area contributed by atoms with Gasteiger partial charge in [0.15, 0.2) is 0 Å². The summed E-state index contributed by atoms with van der Waals surface area (Å²) in [5.74, 6) is 0.875. The maximum atomic E-state index is 12.4. The molecule has 2 N–H and O–H groups in total. The predicted molar refractivity (Wildman–Crippen MR) is 125 cm³/mol. The van der Waals surface area contributed by atoms with Crippen molar-refractivity contribution in [3.05, 3.63) is 78.5 Å². The SMILES string of the molecule is CCCc1ccc(OCCCC(=O)Nc2ccc(S(=O)(=O)Nc3ccccn3)cc2)cc1. The Morgan fingerprint density at radius 1 is 1.00 bits per heavy atom. The van der Waals surface area contributed by atoms with Crippen molar-refractivity contribution < 1.29 is 17.9 Å². The highest BCUT2D eigenvalue weighted by Gasteiger charge is 2.14. The summed E-state index contributed by atoms with van der Waals surface area (Å²) in [7, 11) is -3.75. The van der Waals surface area contributed by atoms with Crippen LogP contribution in [0.3, 0.4) is 0 Å². The first-order valence-corrected chi connectivity index (χ1v) is 12.0. The minimum atomic E-state index is -3.75. The van der Waals surface area contributed by atoms with Crippen molar-refractivity contribution in [1.82, 2.24) is 4.98 Å². The standard InChI is InChI=1S/C24H27N3O4S/c1-2-6-19-9-13-21(14-10-19)31-18-5-8-24(28)26-20-11-15-22(16-12-20)32(29,30)27-23-7-3-4-17-25-23/h3-4,7,9-17H,2,5-6,8,18H2,1H3,(H,25,27)(H,26,28). The molecule has 2 aromatic carbocycles. The van der Waals surface area contributed by atoms with Crippen molar-refractivity contribution in [3.8, 4) is 5.75 Å². The van der Waals surface area contributed by atoms with Crippen LogP contribution in [0, 0.1) is 0 Å². The zero-order chi connectivity index (χ0) is 22.8. The lowest BCUT2D eigenvalue weighted by Crippen LogP contribution is -2.15. The van der Waals surface area contributed by atoms with Gasteiger partial charge >= 0.3 is 0 Å². The molecule has 0 saturated carbocycles. The van der Waals surface area contributed by atoms with Crippen molar-refractivity contribution in [2.75, 3.05) is 16.6 Å². The number of nitrogens with one attached hydrogen (secondary N) is 2. The summed E-state index contributed by atoms with van der Waals surface area (Å²) in [6.45, 7) is 2.59. The molecule has 3 aromatic rings. The van der Waals surface area contributed by atoms with E-state index in [9.17, 15) is 13.2 Å². The average Bonchev–Trinajstić information content (AvgIpc) is 2.79. The Morgan fingerprint density at radius 2 is 1.75 bits per heavy atom. The quantitative estimate of drug-likeness (QED) is 0.413. The second-order valence-electron chi connectivity index (χ2n) is 7.24. The summed E-state index contributed by atoms with van der Waals surface area (Å²) < 4.78 is 32.9. The fourth-order valence-corrected chi connectivity index (χ4v) is 4.03. The van der Waals surface area contributed by atoms with Crippen molar-refractivity contribution in [3.63, 3.8) is 0 Å². The molecule has 7 nitrogen and oxygen atoms in total. The van der Waals surface area contributed by atoms with Crippen LogP contribution < -0.4 is 14.8 Å². The van der Waals surface area contributed by atoms with Crippen LogP contribution in [-0.2, 0) is 21.2 Å². The van der Waals surface area contributed by atoms with Crippen LogP contribution in [0.4, 0.5) is 11.5 Å². The van der Waals surface area contributed by atoms with Gasteiger partial charge in [0.05, 0.1) is 11.5 Å². The summed E-state index contributed by atoms with van der Waals surface area (Å²) in [6.07, 6.45) is 4.53. The van der Waals surface area contributed by atoms with E-state index in [-0.39, 0.29) is 16.6 Å². The smallest absolute Gasteiger partial charge is 0.263 e. The number of sulfonamides is 1. The zero-order valence-electron chi connectivity index (χ0n) is 18.0. The van der Waals surface area contributed by atoms with Gasteiger partial charge in [-0.3, -0.25) is 9.52 Å². The highest BCUT2D eigenvalue weighted by molar-refractivity contribution is 7.92. The molecule has 1 aromatic heterocycles. The first kappa shape index (κ1) is 23.3. The maximum absolute atomic E-state index is 12.4. The van der Waals surface area contributed by atoms with E-state index in [0.717, 1.165) is 18.6 Å². The predicted octanol–water partition coefficient (Wildman–Crippen LogP) is 4.63. The summed E-state index contributed by atoms with van der Waals surface area (Å²) >= 11 is 0. The lowest BCUT2D eigenvalue weighted by atomic mass is 10.1. The van der Waals surface area contributed by atoms with E-state index in [2.05, 4.69) is 34.1 Å². The molecule has 0 fully saturated rings. The zero-order valence-corrected chi connectivity index (χ0v) is 18.8. The van der Waals surface area contributed by atoms with Crippen LogP contribution in [-0.4, -0.2) is 25.9 Å². The van der Waals surface area contributed by atoms with E-state index < -0.39 is 10.0 Å². The van der Waals surface area contributed by atoms with Gasteiger partial charge in [0.2, 0.25) is 5.91 Å². The molecule has 1 heterocycles. The molecular weight excluding hydrogens is 426 g/mol. The number of carbonyl (C=O) groups is 1. The van der Waals surface area contributed by atoms with E-state index in [4.69, 9.17) is 4.74 Å². The summed E-state index contributed by atoms with van der Waals surface area (Å²) in [5, 5.41) is 2.77. The van der Waals surface area contributed by atoms with Gasteiger partial charge in [-0.1, -0.05) is 31.5 Å². The molecule has 8 heteroatoms. The molecule has 0 aliphatic carbocycles. The number of hydrogen-bond acceptors (Lipinski definition) is 5. The van der Waals surface area contributed by atoms with Gasteiger partial charge in [-0.05, 0) is 66.9 Å². The molecule has 168 valence electrons. The minimum Gasteiger partial charge on any atom is -0.494 e. The highest BCUT2D eigenvalue weighted by Crippen LogP contribution is 2.18. The van der Waals surface area contributed by atoms with Crippen molar-refractivity contribution in [1.29, 1.82) is 0 Å². The van der Waals surface area contributed by atoms with Crippen LogP contribution in [0.2, 0.25) is 0 Å². The Hall–Kier alpha value is -3.39. The number of aryl methyl sites for hydroxylation is 1. The Bertz CT molecular complexity index is 1100. The number of benzene rings is 2.